The molecule has 0 radical (unpaired) electrons. The third-order valence-electron chi connectivity index (χ3n) is 6.82. The van der Waals surface area contributed by atoms with E-state index in [9.17, 15) is 60.3 Å². The number of hydrogen-bond acceptors (Lipinski definition) is 15. The van der Waals surface area contributed by atoms with E-state index in [4.69, 9.17) is 23.4 Å². The smallest absolute Gasteiger partial charge is 0.347 e. The van der Waals surface area contributed by atoms with Crippen LogP contribution in [0.5, 0.6) is 17.2 Å². The molecule has 9 N–H and O–H groups in total. The fourth-order valence-electron chi connectivity index (χ4n) is 4.58. The van der Waals surface area contributed by atoms with Crippen LogP contribution < -0.4 is 10.2 Å². The zero-order valence-corrected chi connectivity index (χ0v) is 22.0. The second kappa shape index (κ2) is 11.5. The minimum absolute atomic E-state index is 0.0317. The monoisotopic (exact) mass is 620 g/mol. The van der Waals surface area contributed by atoms with Gasteiger partial charge in [-0.15, -0.1) is 0 Å². The fourth-order valence-corrected chi connectivity index (χ4v) is 4.58. The molecule has 1 fully saturated rings. The average Bonchev–Trinajstić information content (AvgIpc) is 2.96. The molecule has 0 bridgehead atoms. The SMILES string of the molecule is O=C(O)C1O[C@@H](Oc2cc(O)c3c(=O)cc(-c4ccc(O)cc4)oc3c2)C(OC2=C(O)C(O)[C@H](O)C(C(=O)O)O2)C(O)[C@@H]1O. The van der Waals surface area contributed by atoms with Crippen LogP contribution in [0.3, 0.4) is 0 Å². The highest BCUT2D eigenvalue weighted by molar-refractivity contribution is 5.86. The lowest BCUT2D eigenvalue weighted by Crippen LogP contribution is -2.62. The third kappa shape index (κ3) is 5.52. The van der Waals surface area contributed by atoms with Crippen molar-refractivity contribution in [2.45, 2.75) is 49.0 Å². The number of carboxylic acid groups (broad SMARTS) is 2. The quantitative estimate of drug-likeness (QED) is 0.155. The molecule has 5 rings (SSSR count). The Labute approximate surface area is 244 Å². The highest BCUT2D eigenvalue weighted by Gasteiger charge is 2.52. The Hall–Kier alpha value is -5.07. The van der Waals surface area contributed by atoms with Crippen molar-refractivity contribution in [3.8, 4) is 28.6 Å². The Bertz CT molecular complexity index is 1680. The number of aliphatic hydroxyl groups is 5. The summed E-state index contributed by atoms with van der Waals surface area (Å²) in [6.07, 6.45) is -17.0. The number of hydrogen-bond donors (Lipinski definition) is 9. The van der Waals surface area contributed by atoms with Crippen LogP contribution in [0, 0.1) is 0 Å². The minimum atomic E-state index is -2.22. The first kappa shape index (κ1) is 30.4. The summed E-state index contributed by atoms with van der Waals surface area (Å²) < 4.78 is 26.9. The Morgan fingerprint density at radius 3 is 2.09 bits per heavy atom. The molecule has 0 spiro atoms. The van der Waals surface area contributed by atoms with Crippen molar-refractivity contribution < 1.29 is 78.9 Å². The second-order valence-corrected chi connectivity index (χ2v) is 9.77. The highest BCUT2D eigenvalue weighted by atomic mass is 16.7. The van der Waals surface area contributed by atoms with Crippen molar-refractivity contribution in [3.63, 3.8) is 0 Å². The summed E-state index contributed by atoms with van der Waals surface area (Å²) in [6.45, 7) is 0. The molecule has 17 nitrogen and oxygen atoms in total. The van der Waals surface area contributed by atoms with Crippen molar-refractivity contribution >= 4 is 22.9 Å². The van der Waals surface area contributed by atoms with Gasteiger partial charge in [-0.1, -0.05) is 0 Å². The summed E-state index contributed by atoms with van der Waals surface area (Å²) in [5.41, 5.74) is -0.509. The van der Waals surface area contributed by atoms with Crippen LogP contribution >= 0.6 is 0 Å². The fraction of sp³-hybridized carbons (Fsp3) is 0.296. The van der Waals surface area contributed by atoms with Gasteiger partial charge in [-0.05, 0) is 24.3 Å². The summed E-state index contributed by atoms with van der Waals surface area (Å²) >= 11 is 0. The van der Waals surface area contributed by atoms with E-state index in [0.29, 0.717) is 5.56 Å². The minimum Gasteiger partial charge on any atom is -0.508 e. The maximum atomic E-state index is 12.8. The Morgan fingerprint density at radius 2 is 1.45 bits per heavy atom. The maximum absolute atomic E-state index is 12.8. The maximum Gasteiger partial charge on any atom is 0.347 e. The van der Waals surface area contributed by atoms with Gasteiger partial charge in [0.15, 0.2) is 17.6 Å². The van der Waals surface area contributed by atoms with Gasteiger partial charge in [0.25, 0.3) is 0 Å². The molecular weight excluding hydrogens is 596 g/mol. The summed E-state index contributed by atoms with van der Waals surface area (Å²) in [4.78, 5) is 36.0. The molecule has 1 aromatic heterocycles. The van der Waals surface area contributed by atoms with Crippen molar-refractivity contribution in [2.75, 3.05) is 0 Å². The van der Waals surface area contributed by atoms with Crippen LogP contribution in [0.4, 0.5) is 0 Å². The predicted octanol–water partition coefficient (Wildman–Crippen LogP) is -0.901. The molecule has 5 unspecified atom stereocenters. The Morgan fingerprint density at radius 1 is 0.795 bits per heavy atom. The summed E-state index contributed by atoms with van der Waals surface area (Å²) in [5.74, 6) is -6.86. The number of fused-ring (bicyclic) bond motifs is 1. The molecule has 17 heteroatoms. The zero-order valence-electron chi connectivity index (χ0n) is 22.0. The first-order valence-electron chi connectivity index (χ1n) is 12.6. The van der Waals surface area contributed by atoms with E-state index in [1.165, 1.54) is 24.3 Å². The molecule has 2 aromatic carbocycles. The number of rotatable bonds is 7. The van der Waals surface area contributed by atoms with Crippen LogP contribution in [0.15, 0.2) is 63.4 Å². The number of ether oxygens (including phenoxy) is 4. The number of carbonyl (C=O) groups is 2. The topological polar surface area (TPSA) is 283 Å². The van der Waals surface area contributed by atoms with Gasteiger partial charge in [0.2, 0.25) is 18.2 Å². The number of benzene rings is 2. The molecule has 234 valence electrons. The van der Waals surface area contributed by atoms with Gasteiger partial charge in [0, 0.05) is 23.8 Å². The number of phenols is 2. The normalized spacial score (nSPS) is 28.7. The van der Waals surface area contributed by atoms with Crippen molar-refractivity contribution in [2.24, 2.45) is 0 Å². The van der Waals surface area contributed by atoms with Crippen LogP contribution in [-0.2, 0) is 23.8 Å². The molecule has 2 aliphatic rings. The molecule has 44 heavy (non-hydrogen) atoms. The van der Waals surface area contributed by atoms with Crippen LogP contribution in [0.25, 0.3) is 22.3 Å². The zero-order chi connectivity index (χ0) is 32.0. The van der Waals surface area contributed by atoms with E-state index in [1.54, 1.807) is 0 Å². The van der Waals surface area contributed by atoms with Crippen LogP contribution in [0.2, 0.25) is 0 Å². The van der Waals surface area contributed by atoms with Gasteiger partial charge in [-0.25, -0.2) is 9.59 Å². The number of phenolic OH excluding ortho intramolecular Hbond substituents is 2. The lowest BCUT2D eigenvalue weighted by molar-refractivity contribution is -0.286. The van der Waals surface area contributed by atoms with Gasteiger partial charge in [0.05, 0.1) is 0 Å². The lowest BCUT2D eigenvalue weighted by atomic mass is 9.98. The Kier molecular flexibility index (Phi) is 7.98. The molecule has 0 amide bonds. The van der Waals surface area contributed by atoms with Crippen molar-refractivity contribution in [1.82, 2.24) is 0 Å². The highest BCUT2D eigenvalue weighted by Crippen LogP contribution is 2.35. The number of aliphatic carboxylic acids is 2. The van der Waals surface area contributed by atoms with Gasteiger partial charge in [-0.2, -0.15) is 0 Å². The van der Waals surface area contributed by atoms with E-state index in [-0.39, 0.29) is 28.2 Å². The first-order valence-corrected chi connectivity index (χ1v) is 12.6. The molecule has 3 heterocycles. The average molecular weight is 620 g/mol. The van der Waals surface area contributed by atoms with Crippen molar-refractivity contribution in [3.05, 3.63) is 64.4 Å². The van der Waals surface area contributed by atoms with Gasteiger partial charge >= 0.3 is 17.9 Å². The molecule has 1 saturated heterocycles. The van der Waals surface area contributed by atoms with Gasteiger partial charge in [-0.3, -0.25) is 4.79 Å². The molecule has 8 atom stereocenters. The van der Waals surface area contributed by atoms with E-state index in [2.05, 4.69) is 0 Å². The second-order valence-electron chi connectivity index (χ2n) is 9.77. The van der Waals surface area contributed by atoms with Gasteiger partial charge < -0.3 is 69.3 Å². The third-order valence-corrected chi connectivity index (χ3v) is 6.82. The predicted molar refractivity (Wildman–Crippen MR) is 139 cm³/mol. The summed E-state index contributed by atoms with van der Waals surface area (Å²) in [7, 11) is 0. The summed E-state index contributed by atoms with van der Waals surface area (Å²) in [6, 6.07) is 8.72. The number of carboxylic acids is 2. The summed E-state index contributed by atoms with van der Waals surface area (Å²) in [5, 5.41) is 90.0. The molecule has 2 aliphatic heterocycles. The van der Waals surface area contributed by atoms with Crippen LogP contribution in [0.1, 0.15) is 0 Å². The van der Waals surface area contributed by atoms with Crippen molar-refractivity contribution in [1.29, 1.82) is 0 Å². The Balaban J connectivity index is 1.52. The molecule has 3 aromatic rings. The molecule has 0 saturated carbocycles. The number of aromatic hydroxyl groups is 2. The van der Waals surface area contributed by atoms with Gasteiger partial charge in [0.1, 0.15) is 58.4 Å². The molecular formula is C27H24O17. The van der Waals surface area contributed by atoms with E-state index in [1.807, 2.05) is 0 Å². The van der Waals surface area contributed by atoms with E-state index < -0.39 is 83.8 Å². The number of aliphatic hydroxyl groups excluding tert-OH is 5. The van der Waals surface area contributed by atoms with E-state index in [0.717, 1.165) is 18.2 Å². The molecule has 0 aliphatic carbocycles. The first-order chi connectivity index (χ1) is 20.8. The largest absolute Gasteiger partial charge is 0.508 e. The standard InChI is InChI=1S/C27H24O17/c28-9-3-1-8(2-4-9)13-7-12(30)15-11(29)5-10(6-14(15)41-13)40-27-23(19(34)18(33)22(43-27)25(38)39)44-26-20(35)16(31)17(32)21(42-26)24(36)37/h1-7,16-19,21-23,27-29,31-35H,(H,36,37)(H,38,39)/t16?,17-,18-,19?,21?,22?,23?,27+/m0/s1. The lowest BCUT2D eigenvalue weighted by Gasteiger charge is -2.41. The van der Waals surface area contributed by atoms with Crippen LogP contribution in [-0.4, -0.2) is 107 Å². The van der Waals surface area contributed by atoms with E-state index >= 15 is 0 Å².